The summed E-state index contributed by atoms with van der Waals surface area (Å²) in [5.41, 5.74) is 2.98. The minimum atomic E-state index is -4.05. The summed E-state index contributed by atoms with van der Waals surface area (Å²) in [7, 11) is -4.05. The Morgan fingerprint density at radius 1 is 0.848 bits per heavy atom. The van der Waals surface area contributed by atoms with Gasteiger partial charge in [0, 0.05) is 15.2 Å². The van der Waals surface area contributed by atoms with Crippen LogP contribution in [0, 0.1) is 0 Å². The van der Waals surface area contributed by atoms with Gasteiger partial charge >= 0.3 is 0 Å². The Labute approximate surface area is 198 Å². The zero-order valence-corrected chi connectivity index (χ0v) is 20.7. The van der Waals surface area contributed by atoms with E-state index in [0.717, 1.165) is 21.4 Å². The van der Waals surface area contributed by atoms with Crippen molar-refractivity contribution < 1.29 is 22.3 Å². The maximum atomic E-state index is 12.9. The molecule has 8 heteroatoms. The van der Waals surface area contributed by atoms with Gasteiger partial charge < -0.3 is 0 Å². The van der Waals surface area contributed by atoms with Gasteiger partial charge in [0.05, 0.1) is 17.4 Å². The molecule has 33 heavy (non-hydrogen) atoms. The van der Waals surface area contributed by atoms with Crippen LogP contribution in [0.2, 0.25) is 0 Å². The molecule has 0 saturated carbocycles. The molecular formula is C25H25NO5S2. The lowest BCUT2D eigenvalue weighted by atomic mass is 9.95. The zero-order valence-electron chi connectivity index (χ0n) is 19.1. The highest BCUT2D eigenvalue weighted by molar-refractivity contribution is 7.99. The van der Waals surface area contributed by atoms with Gasteiger partial charge in [0.25, 0.3) is 21.9 Å². The summed E-state index contributed by atoms with van der Waals surface area (Å²) >= 11 is 1.59. The summed E-state index contributed by atoms with van der Waals surface area (Å²) in [5, 5.41) is 1.59. The molecule has 0 atom stereocenters. The van der Waals surface area contributed by atoms with Crippen molar-refractivity contribution in [2.75, 3.05) is 6.26 Å². The molecule has 0 saturated heterocycles. The van der Waals surface area contributed by atoms with Gasteiger partial charge in [-0.05, 0) is 52.6 Å². The molecule has 0 aliphatic carbocycles. The Balaban J connectivity index is 1.83. The maximum Gasteiger partial charge on any atom is 0.286 e. The number of carbonyl (C=O) groups excluding carboxylic acids is 2. The molecule has 0 N–H and O–H groups in total. The Kier molecular flexibility index (Phi) is 6.11. The Morgan fingerprint density at radius 3 is 2.09 bits per heavy atom. The lowest BCUT2D eigenvalue weighted by Crippen LogP contribution is -2.41. The highest BCUT2D eigenvalue weighted by Crippen LogP contribution is 2.41. The minimum absolute atomic E-state index is 0.229. The highest BCUT2D eigenvalue weighted by Gasteiger charge is 2.36. The molecule has 0 aromatic heterocycles. The van der Waals surface area contributed by atoms with Gasteiger partial charge in [-0.25, -0.2) is 0 Å². The summed E-state index contributed by atoms with van der Waals surface area (Å²) in [6, 6.07) is 15.1. The molecule has 3 aromatic rings. The molecule has 0 spiro atoms. The van der Waals surface area contributed by atoms with E-state index in [1.165, 1.54) is 11.1 Å². The molecule has 0 unspecified atom stereocenters. The summed E-state index contributed by atoms with van der Waals surface area (Å²) in [4.78, 5) is 27.9. The van der Waals surface area contributed by atoms with Gasteiger partial charge in [-0.3, -0.25) is 9.59 Å². The first-order chi connectivity index (χ1) is 15.5. The van der Waals surface area contributed by atoms with Gasteiger partial charge in [0.2, 0.25) is 0 Å². The number of benzene rings is 3. The van der Waals surface area contributed by atoms with Gasteiger partial charge in [0.1, 0.15) is 0 Å². The van der Waals surface area contributed by atoms with Crippen LogP contribution >= 0.6 is 11.8 Å². The van der Waals surface area contributed by atoms with Crippen molar-refractivity contribution in [1.29, 1.82) is 0 Å². The topological polar surface area (TPSA) is 80.8 Å². The van der Waals surface area contributed by atoms with Crippen LogP contribution in [0.15, 0.2) is 58.3 Å². The molecule has 1 aliphatic heterocycles. The van der Waals surface area contributed by atoms with Gasteiger partial charge in [-0.15, -0.1) is 9.35 Å². The van der Waals surface area contributed by atoms with E-state index in [1.54, 1.807) is 30.0 Å². The summed E-state index contributed by atoms with van der Waals surface area (Å²) < 4.78 is 27.9. The van der Waals surface area contributed by atoms with Crippen LogP contribution in [-0.2, 0) is 14.4 Å². The average Bonchev–Trinajstić information content (AvgIpc) is 2.75. The van der Waals surface area contributed by atoms with Crippen molar-refractivity contribution >= 4 is 44.5 Å². The second-order valence-corrected chi connectivity index (χ2v) is 11.4. The fraction of sp³-hybridized carbons (Fsp3) is 0.280. The van der Waals surface area contributed by atoms with Gasteiger partial charge in [-0.1, -0.05) is 63.7 Å². The van der Waals surface area contributed by atoms with Crippen LogP contribution in [0.25, 0.3) is 10.8 Å². The van der Waals surface area contributed by atoms with E-state index in [9.17, 15) is 18.0 Å². The fourth-order valence-corrected chi connectivity index (χ4v) is 5.54. The van der Waals surface area contributed by atoms with E-state index in [2.05, 4.69) is 45.9 Å². The number of rotatable bonds is 6. The lowest BCUT2D eigenvalue weighted by molar-refractivity contribution is -0.0149. The first-order valence-corrected chi connectivity index (χ1v) is 13.3. The van der Waals surface area contributed by atoms with E-state index >= 15 is 0 Å². The van der Waals surface area contributed by atoms with Crippen molar-refractivity contribution in [1.82, 2.24) is 5.06 Å². The molecule has 1 aliphatic rings. The largest absolute Gasteiger partial charge is 0.286 e. The Morgan fingerprint density at radius 2 is 1.48 bits per heavy atom. The van der Waals surface area contributed by atoms with E-state index in [1.807, 2.05) is 12.1 Å². The number of nitrogens with zero attached hydrogens (tertiary/aromatic N) is 1. The van der Waals surface area contributed by atoms with Crippen molar-refractivity contribution in [2.45, 2.75) is 49.3 Å². The third kappa shape index (κ3) is 4.43. The number of amides is 2. The van der Waals surface area contributed by atoms with Gasteiger partial charge in [0.15, 0.2) is 0 Å². The molecule has 0 fully saturated rings. The van der Waals surface area contributed by atoms with Crippen molar-refractivity contribution in [3.05, 3.63) is 70.8 Å². The van der Waals surface area contributed by atoms with Crippen LogP contribution in [0.5, 0.6) is 0 Å². The molecule has 3 aromatic carbocycles. The van der Waals surface area contributed by atoms with Crippen LogP contribution in [0.3, 0.4) is 0 Å². The molecule has 2 amide bonds. The van der Waals surface area contributed by atoms with E-state index in [0.29, 0.717) is 22.3 Å². The number of hydroxylamine groups is 2. The smallest absolute Gasteiger partial charge is 0.266 e. The molecule has 6 nitrogen and oxygen atoms in total. The number of hydrogen-bond donors (Lipinski definition) is 0. The monoisotopic (exact) mass is 483 g/mol. The number of carbonyl (C=O) groups is 2. The molecule has 0 radical (unpaired) electrons. The normalized spacial score (nSPS) is 14.1. The molecule has 0 bridgehead atoms. The number of imide groups is 1. The van der Waals surface area contributed by atoms with Crippen LogP contribution < -0.4 is 0 Å². The van der Waals surface area contributed by atoms with E-state index in [-0.39, 0.29) is 11.1 Å². The van der Waals surface area contributed by atoms with Crippen molar-refractivity contribution in [3.8, 4) is 0 Å². The van der Waals surface area contributed by atoms with Crippen LogP contribution in [0.1, 0.15) is 71.4 Å². The van der Waals surface area contributed by atoms with Crippen molar-refractivity contribution in [2.24, 2.45) is 0 Å². The molecule has 1 heterocycles. The standard InChI is InChI=1S/C25H25NO5S2/c1-14(2)16-9-11-22(20(13-16)15(3)4)32-21-12-10-19-23-17(21)7-6-8-18(23)24(27)26(25(19)28)31-33(5,29)30/h6-15H,1-5H3. The quantitative estimate of drug-likeness (QED) is 0.417. The molecular weight excluding hydrogens is 458 g/mol. The predicted octanol–water partition coefficient (Wildman–Crippen LogP) is 5.73. The third-order valence-electron chi connectivity index (χ3n) is 5.58. The van der Waals surface area contributed by atoms with E-state index < -0.39 is 21.9 Å². The second-order valence-electron chi connectivity index (χ2n) is 8.73. The fourth-order valence-electron chi connectivity index (χ4n) is 3.93. The van der Waals surface area contributed by atoms with Crippen LogP contribution in [0.4, 0.5) is 0 Å². The summed E-state index contributed by atoms with van der Waals surface area (Å²) in [5.74, 6) is -0.836. The van der Waals surface area contributed by atoms with E-state index in [4.69, 9.17) is 4.28 Å². The third-order valence-corrected chi connectivity index (χ3v) is 7.17. The van der Waals surface area contributed by atoms with Gasteiger partial charge in [-0.2, -0.15) is 8.42 Å². The average molecular weight is 484 g/mol. The predicted molar refractivity (Wildman–Crippen MR) is 129 cm³/mol. The second kappa shape index (κ2) is 8.59. The molecule has 172 valence electrons. The maximum absolute atomic E-state index is 12.9. The SMILES string of the molecule is CC(C)c1ccc(Sc2ccc3c4c(cccc24)C(=O)N(OS(C)(=O)=O)C3=O)c(C(C)C)c1. The lowest BCUT2D eigenvalue weighted by Gasteiger charge is -2.25. The number of hydrogen-bond acceptors (Lipinski definition) is 6. The summed E-state index contributed by atoms with van der Waals surface area (Å²) in [6.45, 7) is 8.66. The Hall–Kier alpha value is -2.68. The first-order valence-electron chi connectivity index (χ1n) is 10.6. The van der Waals surface area contributed by atoms with Crippen LogP contribution in [-0.4, -0.2) is 31.6 Å². The minimum Gasteiger partial charge on any atom is -0.266 e. The highest BCUT2D eigenvalue weighted by atomic mass is 32.2. The first kappa shape index (κ1) is 23.5. The Bertz CT molecular complexity index is 1370. The molecule has 4 rings (SSSR count). The van der Waals surface area contributed by atoms with Crippen molar-refractivity contribution in [3.63, 3.8) is 0 Å². The summed E-state index contributed by atoms with van der Waals surface area (Å²) in [6.07, 6.45) is 0.792. The zero-order chi connectivity index (χ0) is 24.1.